The molecule has 5 heteroatoms. The van der Waals surface area contributed by atoms with Gasteiger partial charge in [0.15, 0.2) is 5.76 Å². The molecule has 33 heavy (non-hydrogen) atoms. The van der Waals surface area contributed by atoms with Crippen molar-refractivity contribution >= 4 is 17.8 Å². The van der Waals surface area contributed by atoms with Gasteiger partial charge in [-0.05, 0) is 67.2 Å². The number of esters is 1. The van der Waals surface area contributed by atoms with Crippen molar-refractivity contribution in [2.75, 3.05) is 7.11 Å². The van der Waals surface area contributed by atoms with Crippen LogP contribution in [0.25, 0.3) is 11.8 Å². The van der Waals surface area contributed by atoms with E-state index in [1.807, 2.05) is 0 Å². The van der Waals surface area contributed by atoms with Crippen LogP contribution >= 0.6 is 0 Å². The first-order valence-electron chi connectivity index (χ1n) is 12.5. The smallest absolute Gasteiger partial charge is 0.374 e. The molecule has 0 bridgehead atoms. The van der Waals surface area contributed by atoms with Crippen molar-refractivity contribution in [1.29, 1.82) is 0 Å². The van der Waals surface area contributed by atoms with E-state index in [4.69, 9.17) is 13.9 Å². The Hall–Kier alpha value is -2.69. The van der Waals surface area contributed by atoms with E-state index in [-0.39, 0.29) is 11.7 Å². The minimum Gasteiger partial charge on any atom is -0.463 e. The molecule has 0 aromatic carbocycles. The van der Waals surface area contributed by atoms with Crippen LogP contribution in [0.3, 0.4) is 0 Å². The summed E-state index contributed by atoms with van der Waals surface area (Å²) >= 11 is 0. The van der Waals surface area contributed by atoms with Gasteiger partial charge in [-0.25, -0.2) is 4.79 Å². The number of aromatic nitrogens is 1. The SMILES string of the molecule is COC(=O)c1ccc(OC2=c3[nH]c4c(c3C(CCC(C)CCCC(C)C)C=C2)CCCC=4)o1. The Balaban J connectivity index is 1.55. The molecule has 0 amide bonds. The monoisotopic (exact) mass is 451 g/mol. The molecule has 2 atom stereocenters. The minimum absolute atomic E-state index is 0.136. The second-order valence-electron chi connectivity index (χ2n) is 9.95. The summed E-state index contributed by atoms with van der Waals surface area (Å²) in [6, 6.07) is 3.23. The van der Waals surface area contributed by atoms with Gasteiger partial charge < -0.3 is 18.9 Å². The molecule has 0 fully saturated rings. The first-order valence-corrected chi connectivity index (χ1v) is 12.5. The molecule has 0 radical (unpaired) electrons. The van der Waals surface area contributed by atoms with Crippen LogP contribution in [-0.2, 0) is 11.2 Å². The third-order valence-electron chi connectivity index (χ3n) is 6.88. The van der Waals surface area contributed by atoms with Crippen molar-refractivity contribution in [3.8, 4) is 5.95 Å². The van der Waals surface area contributed by atoms with Crippen LogP contribution in [-0.4, -0.2) is 18.1 Å². The molecule has 2 aliphatic carbocycles. The maximum Gasteiger partial charge on any atom is 0.374 e. The highest BCUT2D eigenvalue weighted by Crippen LogP contribution is 2.31. The molecule has 2 unspecified atom stereocenters. The van der Waals surface area contributed by atoms with Gasteiger partial charge in [-0.15, -0.1) is 0 Å². The van der Waals surface area contributed by atoms with E-state index < -0.39 is 5.97 Å². The van der Waals surface area contributed by atoms with Crippen LogP contribution in [0.4, 0.5) is 0 Å². The quantitative estimate of drug-likeness (QED) is 0.478. The summed E-state index contributed by atoms with van der Waals surface area (Å²) in [6.45, 7) is 7.01. The molecular weight excluding hydrogens is 414 g/mol. The van der Waals surface area contributed by atoms with Crippen LogP contribution in [0.2, 0.25) is 0 Å². The predicted molar refractivity (Wildman–Crippen MR) is 130 cm³/mol. The first-order chi connectivity index (χ1) is 16.0. The number of carbonyl (C=O) groups excluding carboxylic acids is 1. The number of fused-ring (bicyclic) bond motifs is 3. The summed E-state index contributed by atoms with van der Waals surface area (Å²) in [6.07, 6.45) is 16.4. The molecule has 2 aromatic rings. The third-order valence-corrected chi connectivity index (χ3v) is 6.88. The fourth-order valence-electron chi connectivity index (χ4n) is 5.03. The van der Waals surface area contributed by atoms with E-state index >= 15 is 0 Å². The molecule has 4 rings (SSSR count). The standard InChI is InChI=1S/C28H37NO4/c1-18(2)8-7-9-19(3)12-13-20-14-15-23(32-25-17-16-24(33-25)28(30)31-4)27-26(20)21-10-5-6-11-22(21)29-27/h11,14-20,29H,5-10,12-13H2,1-4H3. The first kappa shape index (κ1) is 23.5. The molecule has 2 heterocycles. The largest absolute Gasteiger partial charge is 0.463 e. The lowest BCUT2D eigenvalue weighted by molar-refractivity contribution is 0.0560. The summed E-state index contributed by atoms with van der Waals surface area (Å²) < 4.78 is 16.4. The highest BCUT2D eigenvalue weighted by molar-refractivity contribution is 5.86. The number of allylic oxidation sites excluding steroid dienone is 1. The number of ether oxygens (including phenoxy) is 2. The van der Waals surface area contributed by atoms with Gasteiger partial charge in [0.05, 0.1) is 12.5 Å². The zero-order valence-electron chi connectivity index (χ0n) is 20.4. The Morgan fingerprint density at radius 3 is 2.85 bits per heavy atom. The van der Waals surface area contributed by atoms with Crippen molar-refractivity contribution in [2.24, 2.45) is 11.8 Å². The molecular formula is C28H37NO4. The number of carbonyl (C=O) groups is 1. The van der Waals surface area contributed by atoms with Gasteiger partial charge in [-0.2, -0.15) is 0 Å². The fourth-order valence-corrected chi connectivity index (χ4v) is 5.03. The van der Waals surface area contributed by atoms with Crippen LogP contribution in [0.15, 0.2) is 28.7 Å². The Labute approximate surface area is 196 Å². The van der Waals surface area contributed by atoms with Gasteiger partial charge in [-0.3, -0.25) is 0 Å². The highest BCUT2D eigenvalue weighted by atomic mass is 16.6. The topological polar surface area (TPSA) is 64.5 Å². The van der Waals surface area contributed by atoms with E-state index in [2.05, 4.69) is 44.0 Å². The normalized spacial score (nSPS) is 18.0. The van der Waals surface area contributed by atoms with Crippen molar-refractivity contribution in [1.82, 2.24) is 4.98 Å². The molecule has 178 valence electrons. The lowest BCUT2D eigenvalue weighted by atomic mass is 9.84. The van der Waals surface area contributed by atoms with Crippen LogP contribution in [0, 0.1) is 11.8 Å². The lowest BCUT2D eigenvalue weighted by Crippen LogP contribution is -2.22. The summed E-state index contributed by atoms with van der Waals surface area (Å²) in [5.74, 6) is 2.57. The van der Waals surface area contributed by atoms with Crippen LogP contribution in [0.1, 0.15) is 93.3 Å². The number of methoxy groups -OCH3 is 1. The van der Waals surface area contributed by atoms with Gasteiger partial charge >= 0.3 is 5.97 Å². The maximum atomic E-state index is 11.7. The minimum atomic E-state index is -0.512. The van der Waals surface area contributed by atoms with Crippen LogP contribution in [0.5, 0.6) is 5.95 Å². The fraction of sp³-hybridized carbons (Fsp3) is 0.536. The van der Waals surface area contributed by atoms with Gasteiger partial charge in [0, 0.05) is 17.3 Å². The number of nitrogens with one attached hydrogen (secondary N) is 1. The number of aromatic amines is 1. The van der Waals surface area contributed by atoms with Crippen molar-refractivity contribution < 1.29 is 18.7 Å². The zero-order chi connectivity index (χ0) is 23.4. The van der Waals surface area contributed by atoms with E-state index in [0.717, 1.165) is 42.2 Å². The Kier molecular flexibility index (Phi) is 7.46. The number of furan rings is 1. The van der Waals surface area contributed by atoms with Gasteiger partial charge in [0.1, 0.15) is 0 Å². The number of hydrogen-bond donors (Lipinski definition) is 1. The number of rotatable bonds is 10. The third kappa shape index (κ3) is 5.45. The summed E-state index contributed by atoms with van der Waals surface area (Å²) in [4.78, 5) is 15.3. The summed E-state index contributed by atoms with van der Waals surface area (Å²) in [5.41, 5.74) is 2.82. The van der Waals surface area contributed by atoms with Crippen LogP contribution < -0.4 is 15.4 Å². The Morgan fingerprint density at radius 2 is 2.06 bits per heavy atom. The Bertz CT molecular complexity index is 1120. The molecule has 0 saturated heterocycles. The Morgan fingerprint density at radius 1 is 1.21 bits per heavy atom. The number of hydrogen-bond acceptors (Lipinski definition) is 4. The zero-order valence-corrected chi connectivity index (χ0v) is 20.4. The van der Waals surface area contributed by atoms with Crippen molar-refractivity contribution in [3.63, 3.8) is 0 Å². The van der Waals surface area contributed by atoms with Crippen molar-refractivity contribution in [3.05, 3.63) is 51.9 Å². The molecule has 2 aliphatic rings. The second-order valence-corrected chi connectivity index (χ2v) is 9.95. The molecule has 5 nitrogen and oxygen atoms in total. The maximum absolute atomic E-state index is 11.7. The predicted octanol–water partition coefficient (Wildman–Crippen LogP) is 5.59. The van der Waals surface area contributed by atoms with E-state index in [1.165, 1.54) is 55.7 Å². The van der Waals surface area contributed by atoms with Gasteiger partial charge in [0.25, 0.3) is 5.95 Å². The van der Waals surface area contributed by atoms with Crippen molar-refractivity contribution in [2.45, 2.75) is 78.1 Å². The average Bonchev–Trinajstić information content (AvgIpc) is 3.43. The molecule has 2 aromatic heterocycles. The lowest BCUT2D eigenvalue weighted by Gasteiger charge is -2.21. The second kappa shape index (κ2) is 10.5. The molecule has 1 N–H and O–H groups in total. The van der Waals surface area contributed by atoms with Gasteiger partial charge in [-0.1, -0.05) is 52.2 Å². The molecule has 0 saturated carbocycles. The van der Waals surface area contributed by atoms with Gasteiger partial charge in [0.2, 0.25) is 5.76 Å². The van der Waals surface area contributed by atoms with E-state index in [9.17, 15) is 4.79 Å². The number of H-pyrrole nitrogens is 1. The van der Waals surface area contributed by atoms with E-state index in [0.29, 0.717) is 5.92 Å². The highest BCUT2D eigenvalue weighted by Gasteiger charge is 2.25. The molecule has 0 spiro atoms. The summed E-state index contributed by atoms with van der Waals surface area (Å²) in [7, 11) is 1.33. The molecule has 0 aliphatic heterocycles. The van der Waals surface area contributed by atoms with E-state index in [1.54, 1.807) is 12.1 Å². The summed E-state index contributed by atoms with van der Waals surface area (Å²) in [5, 5.41) is 2.29. The average molecular weight is 452 g/mol.